The molecule has 0 radical (unpaired) electrons. The third-order valence-corrected chi connectivity index (χ3v) is 2.43. The van der Waals surface area contributed by atoms with E-state index in [0.717, 1.165) is 5.69 Å². The van der Waals surface area contributed by atoms with Crippen LogP contribution in [0.4, 0.5) is 5.69 Å². The van der Waals surface area contributed by atoms with E-state index in [-0.39, 0.29) is 11.7 Å². The molecule has 86 valence electrons. The molecule has 0 heterocycles. The van der Waals surface area contributed by atoms with Crippen molar-refractivity contribution in [1.82, 2.24) is 0 Å². The summed E-state index contributed by atoms with van der Waals surface area (Å²) in [6.07, 6.45) is 0. The number of rotatable bonds is 4. The molecule has 0 saturated carbocycles. The van der Waals surface area contributed by atoms with Crippen molar-refractivity contribution in [3.05, 3.63) is 30.3 Å². The lowest BCUT2D eigenvalue weighted by atomic mass is 10.1. The highest BCUT2D eigenvalue weighted by Gasteiger charge is 2.17. The SMILES string of the molecule is CC(CN(C(N)=S)c1ccccc1)C(=O)O. The summed E-state index contributed by atoms with van der Waals surface area (Å²) in [6, 6.07) is 9.27. The first-order valence-electron chi connectivity index (χ1n) is 4.87. The molecule has 5 heteroatoms. The number of thiocarbonyl (C=S) groups is 1. The van der Waals surface area contributed by atoms with E-state index >= 15 is 0 Å². The Labute approximate surface area is 99.7 Å². The van der Waals surface area contributed by atoms with Gasteiger partial charge in [0.1, 0.15) is 0 Å². The number of benzene rings is 1. The van der Waals surface area contributed by atoms with E-state index in [0.29, 0.717) is 0 Å². The highest BCUT2D eigenvalue weighted by atomic mass is 32.1. The summed E-state index contributed by atoms with van der Waals surface area (Å²) in [4.78, 5) is 12.4. The average molecular weight is 238 g/mol. The lowest BCUT2D eigenvalue weighted by Crippen LogP contribution is -2.40. The van der Waals surface area contributed by atoms with Crippen molar-refractivity contribution in [3.63, 3.8) is 0 Å². The second kappa shape index (κ2) is 5.46. The van der Waals surface area contributed by atoms with E-state index in [1.165, 1.54) is 0 Å². The van der Waals surface area contributed by atoms with Crippen molar-refractivity contribution >= 4 is 29.0 Å². The molecule has 0 spiro atoms. The van der Waals surface area contributed by atoms with Crippen LogP contribution in [0, 0.1) is 5.92 Å². The zero-order chi connectivity index (χ0) is 12.1. The van der Waals surface area contributed by atoms with Crippen molar-refractivity contribution < 1.29 is 9.90 Å². The van der Waals surface area contributed by atoms with Gasteiger partial charge in [-0.1, -0.05) is 25.1 Å². The summed E-state index contributed by atoms with van der Waals surface area (Å²) in [5.74, 6) is -1.39. The molecule has 4 nitrogen and oxygen atoms in total. The van der Waals surface area contributed by atoms with Crippen molar-refractivity contribution in [2.75, 3.05) is 11.4 Å². The number of carbonyl (C=O) groups is 1. The number of nitrogens with zero attached hydrogens (tertiary/aromatic N) is 1. The monoisotopic (exact) mass is 238 g/mol. The summed E-state index contributed by atoms with van der Waals surface area (Å²) in [7, 11) is 0. The number of hydrogen-bond acceptors (Lipinski definition) is 2. The van der Waals surface area contributed by atoms with Gasteiger partial charge < -0.3 is 15.7 Å². The van der Waals surface area contributed by atoms with Crippen LogP contribution < -0.4 is 10.6 Å². The largest absolute Gasteiger partial charge is 0.481 e. The molecule has 1 unspecified atom stereocenters. The minimum atomic E-state index is -0.864. The van der Waals surface area contributed by atoms with E-state index in [9.17, 15) is 4.79 Å². The molecule has 0 aliphatic heterocycles. The molecule has 1 aromatic rings. The second-order valence-corrected chi connectivity index (χ2v) is 3.94. The molecule has 0 aliphatic rings. The smallest absolute Gasteiger partial charge is 0.308 e. The van der Waals surface area contributed by atoms with Gasteiger partial charge in [-0.05, 0) is 24.4 Å². The third-order valence-electron chi connectivity index (χ3n) is 2.21. The standard InChI is InChI=1S/C11H14N2O2S/c1-8(10(14)15)7-13(11(12)16)9-5-3-2-4-6-9/h2-6,8H,7H2,1H3,(H2,12,16)(H,14,15). The van der Waals surface area contributed by atoms with E-state index in [1.54, 1.807) is 11.8 Å². The molecule has 0 aliphatic carbocycles. The lowest BCUT2D eigenvalue weighted by molar-refractivity contribution is -0.140. The number of nitrogens with two attached hydrogens (primary N) is 1. The van der Waals surface area contributed by atoms with Gasteiger partial charge in [-0.3, -0.25) is 4.79 Å². The average Bonchev–Trinajstić information content (AvgIpc) is 2.26. The van der Waals surface area contributed by atoms with E-state index in [2.05, 4.69) is 0 Å². The molecule has 0 fully saturated rings. The predicted molar refractivity (Wildman–Crippen MR) is 67.4 cm³/mol. The quantitative estimate of drug-likeness (QED) is 0.777. The highest BCUT2D eigenvalue weighted by molar-refractivity contribution is 7.80. The van der Waals surface area contributed by atoms with Gasteiger partial charge in [0.15, 0.2) is 5.11 Å². The number of anilines is 1. The molecule has 0 saturated heterocycles. The summed E-state index contributed by atoms with van der Waals surface area (Å²) < 4.78 is 0. The summed E-state index contributed by atoms with van der Waals surface area (Å²) in [5.41, 5.74) is 6.39. The van der Waals surface area contributed by atoms with Gasteiger partial charge in [0, 0.05) is 12.2 Å². The van der Waals surface area contributed by atoms with Gasteiger partial charge in [0.05, 0.1) is 5.92 Å². The van der Waals surface area contributed by atoms with E-state index in [1.807, 2.05) is 30.3 Å². The number of aliphatic carboxylic acids is 1. The molecule has 0 aromatic heterocycles. The Morgan fingerprint density at radius 3 is 2.50 bits per heavy atom. The van der Waals surface area contributed by atoms with Crippen LogP contribution in [-0.2, 0) is 4.79 Å². The number of hydrogen-bond donors (Lipinski definition) is 2. The van der Waals surface area contributed by atoms with Crippen LogP contribution >= 0.6 is 12.2 Å². The molecular formula is C11H14N2O2S. The van der Waals surface area contributed by atoms with Crippen LogP contribution in [0.25, 0.3) is 0 Å². The maximum absolute atomic E-state index is 10.8. The zero-order valence-corrected chi connectivity index (χ0v) is 9.78. The maximum Gasteiger partial charge on any atom is 0.308 e. The molecule has 1 rings (SSSR count). The summed E-state index contributed by atoms with van der Waals surface area (Å²) >= 11 is 4.91. The van der Waals surface area contributed by atoms with Gasteiger partial charge in [-0.15, -0.1) is 0 Å². The lowest BCUT2D eigenvalue weighted by Gasteiger charge is -2.24. The third kappa shape index (κ3) is 3.20. The fourth-order valence-electron chi connectivity index (χ4n) is 1.28. The second-order valence-electron chi connectivity index (χ2n) is 3.52. The van der Waals surface area contributed by atoms with Crippen molar-refractivity contribution in [2.45, 2.75) is 6.92 Å². The topological polar surface area (TPSA) is 66.6 Å². The van der Waals surface area contributed by atoms with Crippen LogP contribution in [0.2, 0.25) is 0 Å². The van der Waals surface area contributed by atoms with Gasteiger partial charge in [-0.25, -0.2) is 0 Å². The van der Waals surface area contributed by atoms with Gasteiger partial charge in [-0.2, -0.15) is 0 Å². The summed E-state index contributed by atoms with van der Waals surface area (Å²) in [5, 5.41) is 9.03. The Hall–Kier alpha value is -1.62. The van der Waals surface area contributed by atoms with Crippen LogP contribution in [0.15, 0.2) is 30.3 Å². The van der Waals surface area contributed by atoms with Crippen molar-refractivity contribution in [2.24, 2.45) is 11.7 Å². The first-order valence-corrected chi connectivity index (χ1v) is 5.28. The Morgan fingerprint density at radius 1 is 1.50 bits per heavy atom. The highest BCUT2D eigenvalue weighted by Crippen LogP contribution is 2.15. The Bertz CT molecular complexity index is 381. The molecule has 1 atom stereocenters. The molecule has 0 bridgehead atoms. The fourth-order valence-corrected chi connectivity index (χ4v) is 1.46. The Balaban J connectivity index is 2.85. The number of carboxylic acids is 1. The van der Waals surface area contributed by atoms with Crippen LogP contribution in [-0.4, -0.2) is 22.7 Å². The Kier molecular flexibility index (Phi) is 4.25. The van der Waals surface area contributed by atoms with Gasteiger partial charge in [0.2, 0.25) is 0 Å². The van der Waals surface area contributed by atoms with E-state index < -0.39 is 11.9 Å². The van der Waals surface area contributed by atoms with Crippen molar-refractivity contribution in [3.8, 4) is 0 Å². The minimum absolute atomic E-state index is 0.180. The first kappa shape index (κ1) is 12.4. The van der Waals surface area contributed by atoms with Crippen LogP contribution in [0.1, 0.15) is 6.92 Å². The van der Waals surface area contributed by atoms with Crippen LogP contribution in [0.5, 0.6) is 0 Å². The molecular weight excluding hydrogens is 224 g/mol. The first-order chi connectivity index (χ1) is 7.52. The van der Waals surface area contributed by atoms with E-state index in [4.69, 9.17) is 23.1 Å². The number of para-hydroxylation sites is 1. The normalized spacial score (nSPS) is 11.8. The van der Waals surface area contributed by atoms with Gasteiger partial charge in [0.25, 0.3) is 0 Å². The molecule has 3 N–H and O–H groups in total. The van der Waals surface area contributed by atoms with Crippen molar-refractivity contribution in [1.29, 1.82) is 0 Å². The zero-order valence-electron chi connectivity index (χ0n) is 8.96. The van der Waals surface area contributed by atoms with Crippen LogP contribution in [0.3, 0.4) is 0 Å². The molecule has 1 aromatic carbocycles. The van der Waals surface area contributed by atoms with Gasteiger partial charge >= 0.3 is 5.97 Å². The maximum atomic E-state index is 10.8. The Morgan fingerprint density at radius 2 is 2.06 bits per heavy atom. The number of carboxylic acid groups (broad SMARTS) is 1. The summed E-state index contributed by atoms with van der Waals surface area (Å²) in [6.45, 7) is 1.89. The fraction of sp³-hybridized carbons (Fsp3) is 0.273. The molecule has 0 amide bonds. The predicted octanol–water partition coefficient (Wildman–Crippen LogP) is 1.46. The molecule has 16 heavy (non-hydrogen) atoms. The minimum Gasteiger partial charge on any atom is -0.481 e.